The normalized spacial score (nSPS) is 23.0. The van der Waals surface area contributed by atoms with Crippen LogP contribution in [0.3, 0.4) is 0 Å². The molecule has 0 bridgehead atoms. The first kappa shape index (κ1) is 16.0. The largest absolute Gasteiger partial charge is 0.334 e. The molecule has 2 atom stereocenters. The molecule has 2 aliphatic rings. The van der Waals surface area contributed by atoms with Crippen molar-refractivity contribution in [3.05, 3.63) is 71.0 Å². The zero-order valence-corrected chi connectivity index (χ0v) is 15.1. The lowest BCUT2D eigenvalue weighted by atomic mass is 10.1. The molecule has 132 valence electrons. The molecule has 0 saturated heterocycles. The highest BCUT2D eigenvalue weighted by Crippen LogP contribution is 2.48. The third-order valence-electron chi connectivity index (χ3n) is 5.57. The molecular formula is C21H20ClN3O. The van der Waals surface area contributed by atoms with Gasteiger partial charge in [-0.05, 0) is 49.1 Å². The second-order valence-electron chi connectivity index (χ2n) is 7.45. The average Bonchev–Trinajstić information content (AvgIpc) is 3.59. The second-order valence-corrected chi connectivity index (χ2v) is 7.89. The number of nitrogens with zero attached hydrogens (tertiary/aromatic N) is 2. The van der Waals surface area contributed by atoms with Crippen LogP contribution in [0, 0.1) is 0 Å². The summed E-state index contributed by atoms with van der Waals surface area (Å²) in [4.78, 5) is 4.66. The predicted octanol–water partition coefficient (Wildman–Crippen LogP) is 4.57. The van der Waals surface area contributed by atoms with Crippen LogP contribution in [-0.4, -0.2) is 22.7 Å². The number of benzene rings is 2. The Bertz CT molecular complexity index is 903. The zero-order valence-electron chi connectivity index (χ0n) is 14.4. The number of aromatic nitrogens is 2. The van der Waals surface area contributed by atoms with Crippen molar-refractivity contribution < 1.29 is 4.52 Å². The molecule has 0 spiro atoms. The molecule has 5 rings (SSSR count). The standard InChI is InChI=1S/C21H20ClN3O/c22-16-8-6-15(7-9-16)19-24-20(25-26-19)21(10-11-21)13-23-18-12-17(18)14-4-2-1-3-5-14/h1-9,17-18,23H,10-13H2/t17-,18+/m1/s1. The van der Waals surface area contributed by atoms with Crippen molar-refractivity contribution in [2.75, 3.05) is 6.54 Å². The molecule has 0 aliphatic heterocycles. The lowest BCUT2D eigenvalue weighted by molar-refractivity contribution is 0.409. The first-order valence-electron chi connectivity index (χ1n) is 9.12. The zero-order chi connectivity index (χ0) is 17.6. The molecule has 4 nitrogen and oxygen atoms in total. The summed E-state index contributed by atoms with van der Waals surface area (Å²) < 4.78 is 5.50. The summed E-state index contributed by atoms with van der Waals surface area (Å²) in [5.74, 6) is 2.03. The molecule has 2 aliphatic carbocycles. The quantitative estimate of drug-likeness (QED) is 0.695. The van der Waals surface area contributed by atoms with Gasteiger partial charge in [0.1, 0.15) is 0 Å². The van der Waals surface area contributed by atoms with Crippen LogP contribution in [0.25, 0.3) is 11.5 Å². The van der Waals surface area contributed by atoms with Crippen molar-refractivity contribution in [3.63, 3.8) is 0 Å². The summed E-state index contributed by atoms with van der Waals surface area (Å²) in [6.45, 7) is 0.917. The topological polar surface area (TPSA) is 51.0 Å². The minimum Gasteiger partial charge on any atom is -0.334 e. The van der Waals surface area contributed by atoms with Crippen LogP contribution >= 0.6 is 11.6 Å². The maximum Gasteiger partial charge on any atom is 0.257 e. The maximum atomic E-state index is 5.94. The van der Waals surface area contributed by atoms with E-state index in [2.05, 4.69) is 45.8 Å². The molecule has 2 saturated carbocycles. The highest BCUT2D eigenvalue weighted by atomic mass is 35.5. The van der Waals surface area contributed by atoms with Crippen molar-refractivity contribution in [1.29, 1.82) is 0 Å². The van der Waals surface area contributed by atoms with Gasteiger partial charge in [-0.15, -0.1) is 0 Å². The summed E-state index contributed by atoms with van der Waals surface area (Å²) in [5, 5.41) is 8.69. The molecular weight excluding hydrogens is 346 g/mol. The van der Waals surface area contributed by atoms with Gasteiger partial charge in [0.25, 0.3) is 5.89 Å². The maximum absolute atomic E-state index is 5.94. The highest BCUT2D eigenvalue weighted by molar-refractivity contribution is 6.30. The van der Waals surface area contributed by atoms with E-state index in [-0.39, 0.29) is 5.41 Å². The molecule has 1 N–H and O–H groups in total. The summed E-state index contributed by atoms with van der Waals surface area (Å²) in [5.41, 5.74) is 2.38. The molecule has 26 heavy (non-hydrogen) atoms. The van der Waals surface area contributed by atoms with Gasteiger partial charge >= 0.3 is 0 Å². The van der Waals surface area contributed by atoms with E-state index in [9.17, 15) is 0 Å². The van der Waals surface area contributed by atoms with E-state index in [0.717, 1.165) is 30.8 Å². The number of halogens is 1. The number of hydrogen-bond acceptors (Lipinski definition) is 4. The first-order valence-corrected chi connectivity index (χ1v) is 9.50. The van der Waals surface area contributed by atoms with Gasteiger partial charge in [-0.1, -0.05) is 47.1 Å². The van der Waals surface area contributed by atoms with E-state index in [4.69, 9.17) is 16.1 Å². The van der Waals surface area contributed by atoms with E-state index >= 15 is 0 Å². The lowest BCUT2D eigenvalue weighted by Gasteiger charge is -2.12. The third kappa shape index (κ3) is 3.04. The van der Waals surface area contributed by atoms with Gasteiger partial charge in [0.05, 0.1) is 0 Å². The van der Waals surface area contributed by atoms with E-state index in [1.54, 1.807) is 0 Å². The van der Waals surface area contributed by atoms with Gasteiger partial charge in [0, 0.05) is 34.5 Å². The van der Waals surface area contributed by atoms with Crippen LogP contribution in [0.4, 0.5) is 0 Å². The van der Waals surface area contributed by atoms with Gasteiger partial charge in [0.15, 0.2) is 5.82 Å². The van der Waals surface area contributed by atoms with E-state index in [1.807, 2.05) is 24.3 Å². The smallest absolute Gasteiger partial charge is 0.257 e. The molecule has 2 fully saturated rings. The molecule has 0 unspecified atom stereocenters. The van der Waals surface area contributed by atoms with Gasteiger partial charge < -0.3 is 9.84 Å². The number of rotatable bonds is 6. The van der Waals surface area contributed by atoms with Gasteiger partial charge in [-0.2, -0.15) is 4.98 Å². The van der Waals surface area contributed by atoms with Gasteiger partial charge in [0.2, 0.25) is 0 Å². The van der Waals surface area contributed by atoms with Crippen LogP contribution in [0.5, 0.6) is 0 Å². The minimum atomic E-state index is 0.0397. The van der Waals surface area contributed by atoms with Crippen LogP contribution in [0.2, 0.25) is 5.02 Å². The van der Waals surface area contributed by atoms with Crippen molar-refractivity contribution in [2.45, 2.75) is 36.6 Å². The van der Waals surface area contributed by atoms with Gasteiger partial charge in [-0.3, -0.25) is 0 Å². The molecule has 0 radical (unpaired) electrons. The highest BCUT2D eigenvalue weighted by Gasteiger charge is 2.50. The second kappa shape index (κ2) is 6.22. The predicted molar refractivity (Wildman–Crippen MR) is 101 cm³/mol. The Morgan fingerprint density at radius 3 is 2.58 bits per heavy atom. The Morgan fingerprint density at radius 1 is 1.08 bits per heavy atom. The summed E-state index contributed by atoms with van der Waals surface area (Å²) >= 11 is 5.94. The third-order valence-corrected chi connectivity index (χ3v) is 5.82. The fourth-order valence-electron chi connectivity index (χ4n) is 3.59. The average molecular weight is 366 g/mol. The fourth-order valence-corrected chi connectivity index (χ4v) is 3.72. The number of nitrogens with one attached hydrogen (secondary N) is 1. The molecule has 0 amide bonds. The Labute approximate surface area is 157 Å². The SMILES string of the molecule is Clc1ccc(-c2nc(C3(CN[C@H]4C[C@@H]4c4ccccc4)CC3)no2)cc1. The lowest BCUT2D eigenvalue weighted by Crippen LogP contribution is -2.30. The monoisotopic (exact) mass is 365 g/mol. The van der Waals surface area contributed by atoms with E-state index in [1.165, 1.54) is 12.0 Å². The van der Waals surface area contributed by atoms with Crippen molar-refractivity contribution in [2.24, 2.45) is 0 Å². The molecule has 1 aromatic heterocycles. The number of hydrogen-bond donors (Lipinski definition) is 1. The Kier molecular flexibility index (Phi) is 3.84. The van der Waals surface area contributed by atoms with E-state index < -0.39 is 0 Å². The fraction of sp³-hybridized carbons (Fsp3) is 0.333. The van der Waals surface area contributed by atoms with Crippen LogP contribution < -0.4 is 5.32 Å². The minimum absolute atomic E-state index is 0.0397. The van der Waals surface area contributed by atoms with Crippen LogP contribution in [0.15, 0.2) is 59.1 Å². The van der Waals surface area contributed by atoms with Crippen molar-refractivity contribution in [3.8, 4) is 11.5 Å². The Hall–Kier alpha value is -2.17. The first-order chi connectivity index (χ1) is 12.7. The van der Waals surface area contributed by atoms with Crippen LogP contribution in [0.1, 0.15) is 36.6 Å². The Morgan fingerprint density at radius 2 is 1.85 bits per heavy atom. The molecule has 5 heteroatoms. The Balaban J connectivity index is 1.24. The van der Waals surface area contributed by atoms with Crippen molar-refractivity contribution in [1.82, 2.24) is 15.5 Å². The molecule has 1 heterocycles. The van der Waals surface area contributed by atoms with E-state index in [0.29, 0.717) is 22.9 Å². The van der Waals surface area contributed by atoms with Gasteiger partial charge in [-0.25, -0.2) is 0 Å². The summed E-state index contributed by atoms with van der Waals surface area (Å²) in [6.07, 6.45) is 3.44. The molecule has 2 aromatic carbocycles. The van der Waals surface area contributed by atoms with Crippen LogP contribution in [-0.2, 0) is 5.41 Å². The summed E-state index contributed by atoms with van der Waals surface area (Å²) in [6, 6.07) is 18.8. The van der Waals surface area contributed by atoms with Crippen molar-refractivity contribution >= 4 is 11.6 Å². The molecule has 3 aromatic rings. The summed E-state index contributed by atoms with van der Waals surface area (Å²) in [7, 11) is 0.